The number of rotatable bonds is 9. The average molecular weight is 395 g/mol. The molecule has 6 nitrogen and oxygen atoms in total. The maximum atomic E-state index is 12.8. The summed E-state index contributed by atoms with van der Waals surface area (Å²) in [4.78, 5) is 22.3. The zero-order valence-electron chi connectivity index (χ0n) is 17.5. The number of hydrogen-bond donors (Lipinski definition) is 2. The number of H-pyrrole nitrogens is 1. The molecule has 154 valence electrons. The largest absolute Gasteiger partial charge is 0.495 e. The fraction of sp³-hybridized carbons (Fsp3) is 0.391. The van der Waals surface area contributed by atoms with Gasteiger partial charge in [-0.2, -0.15) is 0 Å². The van der Waals surface area contributed by atoms with E-state index in [1.54, 1.807) is 25.4 Å². The molecule has 2 N–H and O–H groups in total. The van der Waals surface area contributed by atoms with Gasteiger partial charge >= 0.3 is 6.03 Å². The molecule has 3 aromatic rings. The highest BCUT2D eigenvalue weighted by molar-refractivity contribution is 5.88. The second-order valence-corrected chi connectivity index (χ2v) is 7.17. The number of carbonyl (C=O) groups excluding carboxylic acids is 1. The quantitative estimate of drug-likeness (QED) is 0.536. The Bertz CT molecular complexity index is 934. The molecule has 0 radical (unpaired) electrons. The normalized spacial score (nSPS) is 10.9. The highest BCUT2D eigenvalue weighted by Crippen LogP contribution is 2.18. The number of unbranched alkanes of at least 4 members (excludes halogenated alkanes) is 1. The van der Waals surface area contributed by atoms with Gasteiger partial charge in [-0.15, -0.1) is 0 Å². The number of benzene rings is 1. The number of fused-ring (bicyclic) bond motifs is 1. The van der Waals surface area contributed by atoms with E-state index in [0.29, 0.717) is 18.1 Å². The van der Waals surface area contributed by atoms with Crippen molar-refractivity contribution in [2.75, 3.05) is 25.5 Å². The van der Waals surface area contributed by atoms with Gasteiger partial charge in [0, 0.05) is 24.3 Å². The predicted octanol–water partition coefficient (Wildman–Crippen LogP) is 5.01. The number of aromatic nitrogens is 2. The van der Waals surface area contributed by atoms with Crippen LogP contribution in [-0.2, 0) is 12.8 Å². The first-order valence-corrected chi connectivity index (χ1v) is 10.3. The molecule has 2 heterocycles. The Morgan fingerprint density at radius 3 is 2.72 bits per heavy atom. The number of urea groups is 1. The number of pyridine rings is 1. The summed E-state index contributed by atoms with van der Waals surface area (Å²) < 4.78 is 5.11. The number of nitrogens with one attached hydrogen (secondary N) is 2. The van der Waals surface area contributed by atoms with Crippen LogP contribution in [0.2, 0.25) is 0 Å². The molecular weight excluding hydrogens is 364 g/mol. The zero-order valence-corrected chi connectivity index (χ0v) is 17.5. The summed E-state index contributed by atoms with van der Waals surface area (Å²) in [7, 11) is 1.59. The minimum absolute atomic E-state index is 0.120. The molecule has 1 aromatic carbocycles. The molecule has 0 aliphatic rings. The van der Waals surface area contributed by atoms with Gasteiger partial charge in [0.05, 0.1) is 13.3 Å². The smallest absolute Gasteiger partial charge is 0.323 e. The summed E-state index contributed by atoms with van der Waals surface area (Å²) in [5, 5.41) is 4.13. The predicted molar refractivity (Wildman–Crippen MR) is 118 cm³/mol. The minimum Gasteiger partial charge on any atom is -0.495 e. The van der Waals surface area contributed by atoms with Crippen LogP contribution in [0.1, 0.15) is 37.9 Å². The first-order valence-electron chi connectivity index (χ1n) is 10.3. The molecule has 0 fully saturated rings. The van der Waals surface area contributed by atoms with E-state index in [9.17, 15) is 4.79 Å². The Balaban J connectivity index is 1.65. The monoisotopic (exact) mass is 394 g/mol. The summed E-state index contributed by atoms with van der Waals surface area (Å²) in [5.41, 5.74) is 3.62. The molecule has 0 aliphatic carbocycles. The van der Waals surface area contributed by atoms with Gasteiger partial charge in [-0.1, -0.05) is 32.4 Å². The fourth-order valence-electron chi connectivity index (χ4n) is 3.27. The number of hydrogen-bond acceptors (Lipinski definition) is 3. The van der Waals surface area contributed by atoms with Gasteiger partial charge in [-0.05, 0) is 54.5 Å². The molecule has 29 heavy (non-hydrogen) atoms. The van der Waals surface area contributed by atoms with Crippen molar-refractivity contribution in [3.8, 4) is 5.75 Å². The van der Waals surface area contributed by atoms with Crippen LogP contribution in [0.4, 0.5) is 10.6 Å². The highest BCUT2D eigenvalue weighted by atomic mass is 16.5. The number of aromatic amines is 1. The van der Waals surface area contributed by atoms with E-state index in [-0.39, 0.29) is 6.03 Å². The lowest BCUT2D eigenvalue weighted by Gasteiger charge is -2.23. The Morgan fingerprint density at radius 2 is 2.03 bits per heavy atom. The van der Waals surface area contributed by atoms with Crippen LogP contribution in [0.25, 0.3) is 10.9 Å². The number of amides is 2. The van der Waals surface area contributed by atoms with Gasteiger partial charge in [0.2, 0.25) is 0 Å². The number of ether oxygens (including phenoxy) is 1. The van der Waals surface area contributed by atoms with Crippen LogP contribution < -0.4 is 10.1 Å². The highest BCUT2D eigenvalue weighted by Gasteiger charge is 2.14. The first-order chi connectivity index (χ1) is 14.1. The topological polar surface area (TPSA) is 70.2 Å². The van der Waals surface area contributed by atoms with Crippen molar-refractivity contribution >= 4 is 22.8 Å². The number of aryl methyl sites for hydroxylation is 1. The Labute approximate surface area is 172 Å². The number of anilines is 1. The first kappa shape index (κ1) is 20.7. The maximum absolute atomic E-state index is 12.8. The van der Waals surface area contributed by atoms with Crippen LogP contribution in [-0.4, -0.2) is 41.1 Å². The van der Waals surface area contributed by atoms with Crippen LogP contribution in [0.15, 0.2) is 42.6 Å². The van der Waals surface area contributed by atoms with Crippen molar-refractivity contribution in [1.82, 2.24) is 14.9 Å². The minimum atomic E-state index is -0.120. The summed E-state index contributed by atoms with van der Waals surface area (Å²) in [6, 6.07) is 12.1. The van der Waals surface area contributed by atoms with E-state index in [4.69, 9.17) is 4.74 Å². The molecule has 3 rings (SSSR count). The molecule has 6 heteroatoms. The van der Waals surface area contributed by atoms with Gasteiger partial charge in [-0.3, -0.25) is 5.32 Å². The maximum Gasteiger partial charge on any atom is 0.323 e. The number of nitrogens with zero attached hydrogens (tertiary/aromatic N) is 2. The van der Waals surface area contributed by atoms with E-state index >= 15 is 0 Å². The molecular formula is C23H30N4O2. The van der Waals surface area contributed by atoms with Crippen molar-refractivity contribution in [2.24, 2.45) is 0 Å². The Kier molecular flexibility index (Phi) is 7.11. The Hall–Kier alpha value is -3.02. The average Bonchev–Trinajstić information content (AvgIpc) is 3.17. The van der Waals surface area contributed by atoms with Crippen LogP contribution in [0.5, 0.6) is 5.75 Å². The van der Waals surface area contributed by atoms with Gasteiger partial charge in [0.1, 0.15) is 11.6 Å². The third kappa shape index (κ3) is 5.50. The third-order valence-electron chi connectivity index (χ3n) is 5.07. The number of methoxy groups -OCH3 is 1. The van der Waals surface area contributed by atoms with E-state index in [0.717, 1.165) is 37.7 Å². The molecule has 0 bridgehead atoms. The van der Waals surface area contributed by atoms with Gasteiger partial charge in [0.25, 0.3) is 0 Å². The molecule has 0 aliphatic heterocycles. The van der Waals surface area contributed by atoms with Crippen LogP contribution in [0, 0.1) is 0 Å². The second kappa shape index (κ2) is 9.96. The lowest BCUT2D eigenvalue weighted by molar-refractivity contribution is 0.211. The molecule has 0 atom stereocenters. The van der Waals surface area contributed by atoms with Crippen LogP contribution in [0.3, 0.4) is 0 Å². The second-order valence-electron chi connectivity index (χ2n) is 7.17. The molecule has 2 amide bonds. The van der Waals surface area contributed by atoms with Gasteiger partial charge in [0.15, 0.2) is 0 Å². The molecule has 0 unspecified atom stereocenters. The fourth-order valence-corrected chi connectivity index (χ4v) is 3.27. The molecule has 0 saturated carbocycles. The van der Waals surface area contributed by atoms with Crippen molar-refractivity contribution in [2.45, 2.75) is 39.5 Å². The van der Waals surface area contributed by atoms with Crippen molar-refractivity contribution < 1.29 is 9.53 Å². The zero-order chi connectivity index (χ0) is 20.6. The standard InChI is InChI=1S/C23H30N4O2/c1-4-6-12-27(23(28)26-22-10-9-20(29-3)16-24-22)13-11-17-7-8-18-15-19(5-2)25-21(18)14-17/h7-10,14-16,25H,4-6,11-13H2,1-3H3,(H,24,26,28). The summed E-state index contributed by atoms with van der Waals surface area (Å²) in [6.45, 7) is 5.66. The molecule has 2 aromatic heterocycles. The van der Waals surface area contributed by atoms with E-state index < -0.39 is 0 Å². The van der Waals surface area contributed by atoms with E-state index in [1.807, 2.05) is 4.90 Å². The van der Waals surface area contributed by atoms with Crippen molar-refractivity contribution in [3.05, 3.63) is 53.9 Å². The molecule has 0 spiro atoms. The van der Waals surface area contributed by atoms with Gasteiger partial charge in [-0.25, -0.2) is 9.78 Å². The third-order valence-corrected chi connectivity index (χ3v) is 5.07. The van der Waals surface area contributed by atoms with E-state index in [1.165, 1.54) is 16.6 Å². The summed E-state index contributed by atoms with van der Waals surface area (Å²) >= 11 is 0. The number of carbonyl (C=O) groups is 1. The SMILES string of the molecule is CCCCN(CCc1ccc2cc(CC)[nH]c2c1)C(=O)Nc1ccc(OC)cn1. The van der Waals surface area contributed by atoms with E-state index in [2.05, 4.69) is 53.4 Å². The Morgan fingerprint density at radius 1 is 1.17 bits per heavy atom. The summed E-state index contributed by atoms with van der Waals surface area (Å²) in [6.07, 6.45) is 5.41. The van der Waals surface area contributed by atoms with Crippen molar-refractivity contribution in [3.63, 3.8) is 0 Å². The van der Waals surface area contributed by atoms with Gasteiger partial charge < -0.3 is 14.6 Å². The van der Waals surface area contributed by atoms with Crippen LogP contribution >= 0.6 is 0 Å². The molecule has 0 saturated heterocycles. The summed E-state index contributed by atoms with van der Waals surface area (Å²) in [5.74, 6) is 1.19. The lowest BCUT2D eigenvalue weighted by atomic mass is 10.1. The van der Waals surface area contributed by atoms with Crippen molar-refractivity contribution in [1.29, 1.82) is 0 Å². The lowest BCUT2D eigenvalue weighted by Crippen LogP contribution is -2.37.